The van der Waals surface area contributed by atoms with Crippen molar-refractivity contribution in [2.75, 3.05) is 0 Å². The van der Waals surface area contributed by atoms with Crippen LogP contribution in [-0.2, 0) is 4.79 Å². The average Bonchev–Trinajstić information content (AvgIpc) is 1.63. The van der Waals surface area contributed by atoms with Crippen molar-refractivity contribution < 1.29 is 4.79 Å². The molecule has 50 valence electrons. The highest BCUT2D eigenvalue weighted by molar-refractivity contribution is 6.44. The Hall–Kier alpha value is -0.270. The molecule has 9 heavy (non-hydrogen) atoms. The molecule has 3 heteroatoms. The largest absolute Gasteiger partial charge is 0.295 e. The molecule has 0 rings (SSSR count). The second-order valence-corrected chi connectivity index (χ2v) is 2.37. The number of hydrogen-bond acceptors (Lipinski definition) is 1. The van der Waals surface area contributed by atoms with Crippen molar-refractivity contribution in [1.82, 2.24) is 0 Å². The van der Waals surface area contributed by atoms with Crippen LogP contribution in [0.15, 0.2) is 22.7 Å². The topological polar surface area (TPSA) is 17.1 Å². The van der Waals surface area contributed by atoms with E-state index in [0.29, 0.717) is 0 Å². The molecule has 0 atom stereocenters. The zero-order valence-corrected chi connectivity index (χ0v) is 6.46. The van der Waals surface area contributed by atoms with Gasteiger partial charge in [-0.3, -0.25) is 4.79 Å². The van der Waals surface area contributed by atoms with E-state index in [2.05, 4.69) is 6.58 Å². The molecule has 0 aromatic carbocycles. The van der Waals surface area contributed by atoms with Crippen LogP contribution in [0.2, 0.25) is 0 Å². The van der Waals surface area contributed by atoms with Crippen LogP contribution in [0.3, 0.4) is 0 Å². The summed E-state index contributed by atoms with van der Waals surface area (Å²) in [4.78, 5) is 10.3. The number of halogens is 2. The van der Waals surface area contributed by atoms with Gasteiger partial charge in [0.25, 0.3) is 0 Å². The van der Waals surface area contributed by atoms with Crippen LogP contribution in [0.1, 0.15) is 6.92 Å². The fourth-order valence-corrected chi connectivity index (χ4v) is 0.465. The first-order valence-corrected chi connectivity index (χ1v) is 3.02. The third-order valence-electron chi connectivity index (χ3n) is 0.589. The molecule has 0 amide bonds. The molecule has 0 aliphatic heterocycles. The lowest BCUT2D eigenvalue weighted by Gasteiger charge is -1.88. The fourth-order valence-electron chi connectivity index (χ4n) is 0.257. The monoisotopic (exact) mass is 164 g/mol. The number of allylic oxidation sites excluding steroid dienone is 3. The van der Waals surface area contributed by atoms with E-state index in [4.69, 9.17) is 23.2 Å². The Labute approximate surface area is 64.0 Å². The van der Waals surface area contributed by atoms with Crippen molar-refractivity contribution in [3.63, 3.8) is 0 Å². The van der Waals surface area contributed by atoms with Crippen molar-refractivity contribution in [3.8, 4) is 0 Å². The highest BCUT2D eigenvalue weighted by atomic mass is 35.5. The summed E-state index contributed by atoms with van der Waals surface area (Å²) < 4.78 is 0. The molecule has 0 aliphatic carbocycles. The zero-order chi connectivity index (χ0) is 7.44. The highest BCUT2D eigenvalue weighted by Crippen LogP contribution is 2.15. The van der Waals surface area contributed by atoms with Gasteiger partial charge < -0.3 is 0 Å². The van der Waals surface area contributed by atoms with Gasteiger partial charge in [0, 0.05) is 6.08 Å². The van der Waals surface area contributed by atoms with E-state index in [9.17, 15) is 4.79 Å². The number of hydrogen-bond donors (Lipinski definition) is 0. The van der Waals surface area contributed by atoms with E-state index in [-0.39, 0.29) is 15.8 Å². The van der Waals surface area contributed by atoms with Crippen LogP contribution in [-0.4, -0.2) is 5.78 Å². The summed E-state index contributed by atoms with van der Waals surface area (Å²) >= 11 is 10.7. The predicted molar refractivity (Wildman–Crippen MR) is 39.6 cm³/mol. The number of carbonyl (C=O) groups excluding carboxylic acids is 1. The first-order chi connectivity index (χ1) is 4.04. The summed E-state index contributed by atoms with van der Waals surface area (Å²) in [6, 6.07) is 0. The standard InChI is InChI=1S/C6H6Cl2O/c1-4(9)3-6(8)5(2)7/h3H,2H2,1H3. The quantitative estimate of drug-likeness (QED) is 0.453. The summed E-state index contributed by atoms with van der Waals surface area (Å²) in [7, 11) is 0. The fraction of sp³-hybridized carbons (Fsp3) is 0.167. The van der Waals surface area contributed by atoms with E-state index in [1.807, 2.05) is 0 Å². The van der Waals surface area contributed by atoms with Crippen LogP contribution in [0.25, 0.3) is 0 Å². The maximum Gasteiger partial charge on any atom is 0.154 e. The van der Waals surface area contributed by atoms with Gasteiger partial charge in [0.05, 0.1) is 10.1 Å². The van der Waals surface area contributed by atoms with Crippen LogP contribution in [0, 0.1) is 0 Å². The number of rotatable bonds is 2. The molecule has 0 saturated carbocycles. The van der Waals surface area contributed by atoms with Gasteiger partial charge in [0.2, 0.25) is 0 Å². The Kier molecular flexibility index (Phi) is 3.59. The minimum Gasteiger partial charge on any atom is -0.295 e. The van der Waals surface area contributed by atoms with E-state index < -0.39 is 0 Å². The number of ketones is 1. The lowest BCUT2D eigenvalue weighted by atomic mass is 10.4. The normalized spacial score (nSPS) is 11.2. The van der Waals surface area contributed by atoms with E-state index >= 15 is 0 Å². The molecule has 0 radical (unpaired) electrons. The zero-order valence-electron chi connectivity index (χ0n) is 4.95. The summed E-state index contributed by atoms with van der Waals surface area (Å²) in [5.41, 5.74) is 0. The molecule has 0 spiro atoms. The van der Waals surface area contributed by atoms with Crippen molar-refractivity contribution in [2.24, 2.45) is 0 Å². The Morgan fingerprint density at radius 3 is 2.11 bits per heavy atom. The molecule has 0 saturated heterocycles. The van der Waals surface area contributed by atoms with Crippen LogP contribution in [0.5, 0.6) is 0 Å². The van der Waals surface area contributed by atoms with Crippen molar-refractivity contribution in [1.29, 1.82) is 0 Å². The summed E-state index contributed by atoms with van der Waals surface area (Å²) in [5.74, 6) is -0.137. The molecule has 0 bridgehead atoms. The van der Waals surface area contributed by atoms with Gasteiger partial charge in [-0.2, -0.15) is 0 Å². The molecule has 0 fully saturated rings. The van der Waals surface area contributed by atoms with Crippen molar-refractivity contribution >= 4 is 29.0 Å². The lowest BCUT2D eigenvalue weighted by molar-refractivity contribution is -0.112. The van der Waals surface area contributed by atoms with Crippen molar-refractivity contribution in [3.05, 3.63) is 22.7 Å². The molecule has 0 heterocycles. The van der Waals surface area contributed by atoms with E-state index in [1.165, 1.54) is 13.0 Å². The van der Waals surface area contributed by atoms with Gasteiger partial charge in [-0.05, 0) is 6.92 Å². The highest BCUT2D eigenvalue weighted by Gasteiger charge is 1.94. The molecular weight excluding hydrogens is 159 g/mol. The summed E-state index contributed by atoms with van der Waals surface area (Å²) in [6.45, 7) is 4.71. The van der Waals surface area contributed by atoms with E-state index in [1.54, 1.807) is 0 Å². The van der Waals surface area contributed by atoms with Crippen LogP contribution in [0.4, 0.5) is 0 Å². The summed E-state index contributed by atoms with van der Waals surface area (Å²) in [5, 5.41) is 0.385. The molecule has 0 aromatic rings. The third-order valence-corrected chi connectivity index (χ3v) is 1.23. The molecule has 0 aliphatic rings. The van der Waals surface area contributed by atoms with E-state index in [0.717, 1.165) is 0 Å². The van der Waals surface area contributed by atoms with Gasteiger partial charge in [0.1, 0.15) is 0 Å². The first kappa shape index (κ1) is 8.73. The molecule has 0 aromatic heterocycles. The third kappa shape index (κ3) is 4.25. The van der Waals surface area contributed by atoms with Gasteiger partial charge >= 0.3 is 0 Å². The van der Waals surface area contributed by atoms with Crippen molar-refractivity contribution in [2.45, 2.75) is 6.92 Å². The molecular formula is C6H6Cl2O. The molecule has 1 nitrogen and oxygen atoms in total. The second-order valence-electron chi connectivity index (χ2n) is 1.51. The van der Waals surface area contributed by atoms with Gasteiger partial charge in [-0.1, -0.05) is 29.8 Å². The summed E-state index contributed by atoms with van der Waals surface area (Å²) in [6.07, 6.45) is 1.22. The first-order valence-electron chi connectivity index (χ1n) is 2.26. The molecule has 0 N–H and O–H groups in total. The lowest BCUT2D eigenvalue weighted by Crippen LogP contribution is -1.82. The van der Waals surface area contributed by atoms with Gasteiger partial charge in [0.15, 0.2) is 5.78 Å². The SMILES string of the molecule is C=C(Cl)C(Cl)=CC(C)=O. The molecule has 0 unspecified atom stereocenters. The van der Waals surface area contributed by atoms with Crippen LogP contribution >= 0.6 is 23.2 Å². The Bertz CT molecular complexity index is 170. The van der Waals surface area contributed by atoms with Gasteiger partial charge in [-0.25, -0.2) is 0 Å². The predicted octanol–water partition coefficient (Wildman–Crippen LogP) is 2.45. The minimum atomic E-state index is -0.137. The number of carbonyl (C=O) groups is 1. The smallest absolute Gasteiger partial charge is 0.154 e. The van der Waals surface area contributed by atoms with Gasteiger partial charge in [-0.15, -0.1) is 0 Å². The minimum absolute atomic E-state index is 0.137. The maximum atomic E-state index is 10.3. The maximum absolute atomic E-state index is 10.3. The Morgan fingerprint density at radius 1 is 1.56 bits per heavy atom. The Balaban J connectivity index is 4.17. The second kappa shape index (κ2) is 3.70. The Morgan fingerprint density at radius 2 is 2.00 bits per heavy atom. The average molecular weight is 165 g/mol. The van der Waals surface area contributed by atoms with Crippen LogP contribution < -0.4 is 0 Å².